The van der Waals surface area contributed by atoms with Crippen molar-refractivity contribution in [3.05, 3.63) is 12.2 Å². The fourth-order valence-electron chi connectivity index (χ4n) is 10.7. The van der Waals surface area contributed by atoms with Crippen LogP contribution in [0, 0.1) is 0 Å². The molecule has 0 aliphatic rings. The van der Waals surface area contributed by atoms with Crippen molar-refractivity contribution < 1.29 is 24.5 Å². The zero-order valence-corrected chi connectivity index (χ0v) is 49.6. The lowest BCUT2D eigenvalue weighted by molar-refractivity contribution is -0.143. The average molecular weight is 1030 g/mol. The standard InChI is InChI=1S/C67H131NO5/c1-3-5-7-9-11-13-15-17-18-19-30-33-37-41-45-49-53-57-61-67(72)73-62-58-54-50-46-42-38-34-31-28-26-24-22-20-21-23-25-27-29-32-36-40-44-48-52-56-60-66(71)68-64(63-69)65(70)59-55-51-47-43-39-35-16-14-12-10-8-6-4-2/h55,59,64-65,69-70H,3-54,56-58,60-63H2,1-2H3,(H,68,71)/b59-55+. The van der Waals surface area contributed by atoms with Gasteiger partial charge in [0, 0.05) is 12.8 Å². The van der Waals surface area contributed by atoms with Gasteiger partial charge in [0.05, 0.1) is 25.4 Å². The van der Waals surface area contributed by atoms with Crippen molar-refractivity contribution in [3.8, 4) is 0 Å². The van der Waals surface area contributed by atoms with Gasteiger partial charge in [-0.15, -0.1) is 0 Å². The second kappa shape index (κ2) is 63.1. The molecule has 3 N–H and O–H groups in total. The highest BCUT2D eigenvalue weighted by Crippen LogP contribution is 2.19. The third kappa shape index (κ3) is 59.7. The molecule has 0 fully saturated rings. The van der Waals surface area contributed by atoms with Gasteiger partial charge in [0.15, 0.2) is 0 Å². The van der Waals surface area contributed by atoms with Crippen LogP contribution in [0.2, 0.25) is 0 Å². The van der Waals surface area contributed by atoms with E-state index in [-0.39, 0.29) is 18.5 Å². The first-order valence-electron chi connectivity index (χ1n) is 33.5. The van der Waals surface area contributed by atoms with Crippen LogP contribution < -0.4 is 5.32 Å². The van der Waals surface area contributed by atoms with E-state index in [9.17, 15) is 19.8 Å². The number of unbranched alkanes of at least 4 members (excludes halogenated alkanes) is 52. The summed E-state index contributed by atoms with van der Waals surface area (Å²) in [5.41, 5.74) is 0. The van der Waals surface area contributed by atoms with E-state index < -0.39 is 12.1 Å². The monoisotopic (exact) mass is 1030 g/mol. The minimum Gasteiger partial charge on any atom is -0.466 e. The van der Waals surface area contributed by atoms with Gasteiger partial charge >= 0.3 is 5.97 Å². The van der Waals surface area contributed by atoms with Crippen molar-refractivity contribution in [2.75, 3.05) is 13.2 Å². The maximum atomic E-state index is 12.5. The summed E-state index contributed by atoms with van der Waals surface area (Å²) < 4.78 is 5.51. The lowest BCUT2D eigenvalue weighted by Gasteiger charge is -2.20. The number of nitrogens with one attached hydrogen (secondary N) is 1. The van der Waals surface area contributed by atoms with E-state index in [0.717, 1.165) is 38.5 Å². The molecule has 0 heterocycles. The van der Waals surface area contributed by atoms with E-state index in [2.05, 4.69) is 19.2 Å². The molecular formula is C67H131NO5. The highest BCUT2D eigenvalue weighted by molar-refractivity contribution is 5.76. The summed E-state index contributed by atoms with van der Waals surface area (Å²) in [7, 11) is 0. The Labute approximate surface area is 457 Å². The number of hydrogen-bond donors (Lipinski definition) is 3. The molecule has 6 nitrogen and oxygen atoms in total. The van der Waals surface area contributed by atoms with Crippen molar-refractivity contribution >= 4 is 11.9 Å². The lowest BCUT2D eigenvalue weighted by atomic mass is 10.0. The molecule has 2 unspecified atom stereocenters. The third-order valence-electron chi connectivity index (χ3n) is 15.8. The first-order chi connectivity index (χ1) is 36.0. The van der Waals surface area contributed by atoms with Crippen LogP contribution in [0.4, 0.5) is 0 Å². The molecule has 0 bridgehead atoms. The summed E-state index contributed by atoms with van der Waals surface area (Å²) in [6.07, 6.45) is 77.1. The van der Waals surface area contributed by atoms with Gasteiger partial charge in [-0.2, -0.15) is 0 Å². The lowest BCUT2D eigenvalue weighted by Crippen LogP contribution is -2.45. The summed E-state index contributed by atoms with van der Waals surface area (Å²) in [5.74, 6) is -0.0433. The Bertz CT molecular complexity index is 1100. The fourth-order valence-corrected chi connectivity index (χ4v) is 10.7. The number of amides is 1. The molecule has 0 saturated carbocycles. The topological polar surface area (TPSA) is 95.9 Å². The molecule has 0 aliphatic heterocycles. The van der Waals surface area contributed by atoms with Crippen molar-refractivity contribution in [1.82, 2.24) is 5.32 Å². The normalized spacial score (nSPS) is 12.5. The molecule has 0 aromatic carbocycles. The number of hydrogen-bond acceptors (Lipinski definition) is 5. The maximum absolute atomic E-state index is 12.5. The van der Waals surface area contributed by atoms with Crippen molar-refractivity contribution in [1.29, 1.82) is 0 Å². The molecule has 0 radical (unpaired) electrons. The van der Waals surface area contributed by atoms with Crippen LogP contribution in [-0.4, -0.2) is 47.4 Å². The van der Waals surface area contributed by atoms with E-state index in [1.807, 2.05) is 6.08 Å². The van der Waals surface area contributed by atoms with Gasteiger partial charge in [0.2, 0.25) is 5.91 Å². The van der Waals surface area contributed by atoms with E-state index in [0.29, 0.717) is 19.4 Å². The second-order valence-electron chi connectivity index (χ2n) is 23.2. The number of rotatable bonds is 63. The molecule has 73 heavy (non-hydrogen) atoms. The van der Waals surface area contributed by atoms with Crippen molar-refractivity contribution in [2.45, 2.75) is 392 Å². The molecule has 434 valence electrons. The summed E-state index contributed by atoms with van der Waals surface area (Å²) in [4.78, 5) is 24.6. The number of carbonyl (C=O) groups excluding carboxylic acids is 2. The summed E-state index contributed by atoms with van der Waals surface area (Å²) >= 11 is 0. The summed E-state index contributed by atoms with van der Waals surface area (Å²) in [5, 5.41) is 23.1. The number of allylic oxidation sites excluding steroid dienone is 1. The van der Waals surface area contributed by atoms with E-state index in [1.54, 1.807) is 6.08 Å². The third-order valence-corrected chi connectivity index (χ3v) is 15.8. The molecule has 0 rings (SSSR count). The van der Waals surface area contributed by atoms with Gasteiger partial charge in [0.1, 0.15) is 0 Å². The summed E-state index contributed by atoms with van der Waals surface area (Å²) in [6, 6.07) is -0.625. The van der Waals surface area contributed by atoms with Crippen LogP contribution >= 0.6 is 0 Å². The van der Waals surface area contributed by atoms with Crippen molar-refractivity contribution in [3.63, 3.8) is 0 Å². The van der Waals surface area contributed by atoms with Crippen LogP contribution in [0.3, 0.4) is 0 Å². The van der Waals surface area contributed by atoms with Crippen molar-refractivity contribution in [2.24, 2.45) is 0 Å². The molecule has 0 saturated heterocycles. The molecule has 0 aliphatic carbocycles. The quantitative estimate of drug-likeness (QED) is 0.0320. The van der Waals surface area contributed by atoms with Gasteiger partial charge in [-0.3, -0.25) is 9.59 Å². The van der Waals surface area contributed by atoms with E-state index in [1.165, 1.54) is 315 Å². The molecule has 2 atom stereocenters. The number of carbonyl (C=O) groups is 2. The fraction of sp³-hybridized carbons (Fsp3) is 0.940. The first-order valence-corrected chi connectivity index (χ1v) is 33.5. The predicted octanol–water partition coefficient (Wildman–Crippen LogP) is 21.2. The Morgan fingerprint density at radius 3 is 0.932 bits per heavy atom. The van der Waals surface area contributed by atoms with Crippen LogP contribution in [0.25, 0.3) is 0 Å². The molecule has 1 amide bonds. The van der Waals surface area contributed by atoms with Gasteiger partial charge < -0.3 is 20.3 Å². The Hall–Kier alpha value is -1.40. The van der Waals surface area contributed by atoms with E-state index in [4.69, 9.17) is 4.74 Å². The zero-order chi connectivity index (χ0) is 52.9. The Morgan fingerprint density at radius 1 is 0.370 bits per heavy atom. The van der Waals surface area contributed by atoms with Crippen LogP contribution in [-0.2, 0) is 14.3 Å². The second-order valence-corrected chi connectivity index (χ2v) is 23.2. The largest absolute Gasteiger partial charge is 0.466 e. The van der Waals surface area contributed by atoms with E-state index >= 15 is 0 Å². The van der Waals surface area contributed by atoms with Gasteiger partial charge in [0.25, 0.3) is 0 Å². The minimum absolute atomic E-state index is 0.0211. The van der Waals surface area contributed by atoms with Gasteiger partial charge in [-0.05, 0) is 32.1 Å². The molecule has 0 aromatic rings. The predicted molar refractivity (Wildman–Crippen MR) is 320 cm³/mol. The molecular weight excluding hydrogens is 899 g/mol. The Kier molecular flexibility index (Phi) is 61.9. The SMILES string of the molecule is CCCCCCCCCCCCC/C=C/C(O)C(CO)NC(=O)CCCCCCCCCCCCCCCCCCCCCCCCCCCOC(=O)CCCCCCCCCCCCCCCCCCCC. The molecule has 0 aromatic heterocycles. The number of aliphatic hydroxyl groups excluding tert-OH is 2. The Balaban J connectivity index is 3.34. The van der Waals surface area contributed by atoms with Crippen LogP contribution in [0.5, 0.6) is 0 Å². The van der Waals surface area contributed by atoms with Crippen LogP contribution in [0.1, 0.15) is 380 Å². The number of esters is 1. The summed E-state index contributed by atoms with van der Waals surface area (Å²) in [6.45, 7) is 4.94. The first kappa shape index (κ1) is 71.6. The number of aliphatic hydroxyl groups is 2. The number of ether oxygens (including phenoxy) is 1. The highest BCUT2D eigenvalue weighted by Gasteiger charge is 2.18. The minimum atomic E-state index is -0.842. The Morgan fingerprint density at radius 2 is 0.630 bits per heavy atom. The molecule has 6 heteroatoms. The average Bonchev–Trinajstić information content (AvgIpc) is 3.39. The smallest absolute Gasteiger partial charge is 0.305 e. The zero-order valence-electron chi connectivity index (χ0n) is 49.6. The van der Waals surface area contributed by atoms with Gasteiger partial charge in [-0.1, -0.05) is 347 Å². The van der Waals surface area contributed by atoms with Crippen LogP contribution in [0.15, 0.2) is 12.2 Å². The van der Waals surface area contributed by atoms with Gasteiger partial charge in [-0.25, -0.2) is 0 Å². The molecule has 0 spiro atoms. The maximum Gasteiger partial charge on any atom is 0.305 e. The highest BCUT2D eigenvalue weighted by atomic mass is 16.5.